The highest BCUT2D eigenvalue weighted by atomic mass is 19.4. The first-order valence-electron chi connectivity index (χ1n) is 5.23. The summed E-state index contributed by atoms with van der Waals surface area (Å²) in [5, 5.41) is 0. The van der Waals surface area contributed by atoms with Gasteiger partial charge in [-0.3, -0.25) is 0 Å². The largest absolute Gasteiger partial charge is 0.416 e. The third-order valence-electron chi connectivity index (χ3n) is 2.38. The highest BCUT2D eigenvalue weighted by molar-refractivity contribution is 5.84. The fourth-order valence-corrected chi connectivity index (χ4v) is 1.26. The molecule has 94 valence electrons. The summed E-state index contributed by atoms with van der Waals surface area (Å²) in [6, 6.07) is 3.94. The average Bonchev–Trinajstić information content (AvgIpc) is 2.19. The van der Waals surface area contributed by atoms with Crippen molar-refractivity contribution in [3.8, 4) is 0 Å². The third-order valence-corrected chi connectivity index (χ3v) is 2.38. The van der Waals surface area contributed by atoms with E-state index in [0.717, 1.165) is 6.07 Å². The number of hydrogen-bond donors (Lipinski definition) is 1. The van der Waals surface area contributed by atoms with E-state index in [-0.39, 0.29) is 17.2 Å². The predicted molar refractivity (Wildman–Crippen MR) is 62.3 cm³/mol. The van der Waals surface area contributed by atoms with Gasteiger partial charge in [-0.1, -0.05) is 19.9 Å². The summed E-state index contributed by atoms with van der Waals surface area (Å²) in [5.74, 6) is 0.326. The minimum Gasteiger partial charge on any atom is -0.387 e. The van der Waals surface area contributed by atoms with Gasteiger partial charge in [0.05, 0.1) is 11.3 Å². The molecule has 0 fully saturated rings. The zero-order valence-corrected chi connectivity index (χ0v) is 9.97. The summed E-state index contributed by atoms with van der Waals surface area (Å²) in [6.07, 6.45) is -4.36. The lowest BCUT2D eigenvalue weighted by Crippen LogP contribution is -2.18. The van der Waals surface area contributed by atoms with E-state index in [1.165, 1.54) is 19.1 Å². The van der Waals surface area contributed by atoms with Crippen molar-refractivity contribution in [3.63, 3.8) is 0 Å². The molecule has 0 bridgehead atoms. The van der Waals surface area contributed by atoms with Gasteiger partial charge in [0.2, 0.25) is 0 Å². The molecule has 0 radical (unpaired) electrons. The van der Waals surface area contributed by atoms with E-state index in [1.54, 1.807) is 0 Å². The van der Waals surface area contributed by atoms with Gasteiger partial charge in [0.15, 0.2) is 0 Å². The molecule has 0 aliphatic heterocycles. The molecular weight excluding hydrogens is 229 g/mol. The number of rotatable bonds is 2. The molecule has 0 unspecified atom stereocenters. The van der Waals surface area contributed by atoms with Crippen LogP contribution in [0.25, 0.3) is 0 Å². The Labute approximate surface area is 98.4 Å². The van der Waals surface area contributed by atoms with Crippen molar-refractivity contribution >= 4 is 11.5 Å². The molecule has 0 spiro atoms. The Balaban J connectivity index is 3.18. The molecule has 0 aromatic heterocycles. The van der Waals surface area contributed by atoms with Gasteiger partial charge in [0, 0.05) is 5.92 Å². The molecule has 0 saturated heterocycles. The number of nitrogens with two attached hydrogens (primary N) is 1. The van der Waals surface area contributed by atoms with Gasteiger partial charge in [0.1, 0.15) is 5.84 Å². The molecule has 1 rings (SSSR count). The Morgan fingerprint density at radius 1 is 1.29 bits per heavy atom. The van der Waals surface area contributed by atoms with Crippen molar-refractivity contribution in [3.05, 3.63) is 29.3 Å². The summed E-state index contributed by atoms with van der Waals surface area (Å²) in [6.45, 7) is 5.08. The number of amidine groups is 1. The SMILES string of the molecule is Cc1ccc(N=C(N)C(C)C)cc1C(F)(F)F. The molecule has 2 N–H and O–H groups in total. The highest BCUT2D eigenvalue weighted by Gasteiger charge is 2.32. The molecule has 5 heteroatoms. The quantitative estimate of drug-likeness (QED) is 0.625. The van der Waals surface area contributed by atoms with E-state index in [9.17, 15) is 13.2 Å². The van der Waals surface area contributed by atoms with Crippen LogP contribution < -0.4 is 5.73 Å². The number of nitrogens with zero attached hydrogens (tertiary/aromatic N) is 1. The fraction of sp³-hybridized carbons (Fsp3) is 0.417. The van der Waals surface area contributed by atoms with Crippen LogP contribution >= 0.6 is 0 Å². The Morgan fingerprint density at radius 2 is 1.88 bits per heavy atom. The summed E-state index contributed by atoms with van der Waals surface area (Å²) in [7, 11) is 0. The maximum absolute atomic E-state index is 12.6. The predicted octanol–water partition coefficient (Wildman–Crippen LogP) is 3.66. The lowest BCUT2D eigenvalue weighted by Gasteiger charge is -2.11. The van der Waals surface area contributed by atoms with Crippen molar-refractivity contribution in [2.24, 2.45) is 16.6 Å². The Hall–Kier alpha value is -1.52. The molecule has 0 aliphatic carbocycles. The average molecular weight is 244 g/mol. The maximum Gasteiger partial charge on any atom is 0.416 e. The van der Waals surface area contributed by atoms with Crippen LogP contribution in [0.3, 0.4) is 0 Å². The number of benzene rings is 1. The molecule has 2 nitrogen and oxygen atoms in total. The molecule has 0 atom stereocenters. The van der Waals surface area contributed by atoms with Gasteiger partial charge in [-0.25, -0.2) is 4.99 Å². The summed E-state index contributed by atoms with van der Waals surface area (Å²) < 4.78 is 37.9. The molecule has 1 aromatic rings. The summed E-state index contributed by atoms with van der Waals surface area (Å²) in [4.78, 5) is 3.97. The maximum atomic E-state index is 12.6. The van der Waals surface area contributed by atoms with Crippen LogP contribution in [0.15, 0.2) is 23.2 Å². The molecule has 17 heavy (non-hydrogen) atoms. The van der Waals surface area contributed by atoms with Crippen LogP contribution in [0.2, 0.25) is 0 Å². The highest BCUT2D eigenvalue weighted by Crippen LogP contribution is 2.34. The number of alkyl halides is 3. The summed E-state index contributed by atoms with van der Waals surface area (Å²) in [5.41, 5.74) is 5.35. The number of aryl methyl sites for hydroxylation is 1. The molecule has 0 amide bonds. The molecule has 0 heterocycles. The Morgan fingerprint density at radius 3 is 2.35 bits per heavy atom. The van der Waals surface area contributed by atoms with Crippen LogP contribution in [-0.4, -0.2) is 5.84 Å². The van der Waals surface area contributed by atoms with E-state index in [1.807, 2.05) is 13.8 Å². The minimum atomic E-state index is -4.36. The van der Waals surface area contributed by atoms with Crippen molar-refractivity contribution in [1.82, 2.24) is 0 Å². The molecule has 0 saturated carbocycles. The van der Waals surface area contributed by atoms with Crippen LogP contribution in [0.1, 0.15) is 25.0 Å². The summed E-state index contributed by atoms with van der Waals surface area (Å²) >= 11 is 0. The van der Waals surface area contributed by atoms with Crippen molar-refractivity contribution in [2.45, 2.75) is 26.9 Å². The van der Waals surface area contributed by atoms with Crippen molar-refractivity contribution in [2.75, 3.05) is 0 Å². The van der Waals surface area contributed by atoms with Gasteiger partial charge >= 0.3 is 6.18 Å². The van der Waals surface area contributed by atoms with E-state index in [4.69, 9.17) is 5.73 Å². The molecule has 1 aromatic carbocycles. The first kappa shape index (κ1) is 13.5. The zero-order chi connectivity index (χ0) is 13.2. The van der Waals surface area contributed by atoms with Crippen molar-refractivity contribution < 1.29 is 13.2 Å². The molecule has 0 aliphatic rings. The standard InChI is InChI=1S/C12H15F3N2/c1-7(2)11(16)17-9-5-4-8(3)10(6-9)12(13,14)15/h4-7H,1-3H3,(H2,16,17). The van der Waals surface area contributed by atoms with E-state index in [2.05, 4.69) is 4.99 Å². The fourth-order valence-electron chi connectivity index (χ4n) is 1.26. The number of aliphatic imine (C=N–C) groups is 1. The Bertz CT molecular complexity index is 434. The van der Waals surface area contributed by atoms with Gasteiger partial charge < -0.3 is 5.73 Å². The molecular formula is C12H15F3N2. The normalized spacial score (nSPS) is 13.2. The topological polar surface area (TPSA) is 38.4 Å². The number of halogens is 3. The lowest BCUT2D eigenvalue weighted by atomic mass is 10.1. The van der Waals surface area contributed by atoms with E-state index < -0.39 is 11.7 Å². The second-order valence-corrected chi connectivity index (χ2v) is 4.19. The van der Waals surface area contributed by atoms with Crippen LogP contribution in [0, 0.1) is 12.8 Å². The third kappa shape index (κ3) is 3.47. The van der Waals surface area contributed by atoms with Gasteiger partial charge in [-0.05, 0) is 24.6 Å². The van der Waals surface area contributed by atoms with Crippen LogP contribution in [0.4, 0.5) is 18.9 Å². The minimum absolute atomic E-state index is 0.00522. The smallest absolute Gasteiger partial charge is 0.387 e. The first-order valence-corrected chi connectivity index (χ1v) is 5.23. The monoisotopic (exact) mass is 244 g/mol. The Kier molecular flexibility index (Phi) is 3.80. The second-order valence-electron chi connectivity index (χ2n) is 4.19. The number of hydrogen-bond acceptors (Lipinski definition) is 1. The van der Waals surface area contributed by atoms with Gasteiger partial charge in [-0.2, -0.15) is 13.2 Å². The second kappa shape index (κ2) is 4.77. The van der Waals surface area contributed by atoms with E-state index in [0.29, 0.717) is 5.84 Å². The van der Waals surface area contributed by atoms with Crippen LogP contribution in [0.5, 0.6) is 0 Å². The van der Waals surface area contributed by atoms with Gasteiger partial charge in [-0.15, -0.1) is 0 Å². The van der Waals surface area contributed by atoms with E-state index >= 15 is 0 Å². The zero-order valence-electron chi connectivity index (χ0n) is 9.97. The first-order chi connectivity index (χ1) is 7.71. The van der Waals surface area contributed by atoms with Crippen LogP contribution in [-0.2, 0) is 6.18 Å². The van der Waals surface area contributed by atoms with Gasteiger partial charge in [0.25, 0.3) is 0 Å². The van der Waals surface area contributed by atoms with Crippen molar-refractivity contribution in [1.29, 1.82) is 0 Å². The lowest BCUT2D eigenvalue weighted by molar-refractivity contribution is -0.138.